The zero-order chi connectivity index (χ0) is 21.6. The molecule has 0 saturated heterocycles. The molecule has 3 heterocycles. The van der Waals surface area contributed by atoms with Crippen molar-refractivity contribution in [3.05, 3.63) is 82.7 Å². The smallest absolute Gasteiger partial charge is 0.338 e. The van der Waals surface area contributed by atoms with Crippen LogP contribution in [-0.2, 0) is 16.6 Å². The van der Waals surface area contributed by atoms with Crippen LogP contribution in [-0.4, -0.2) is 27.4 Å². The maximum Gasteiger partial charge on any atom is 0.338 e. The third kappa shape index (κ3) is 3.37. The second-order valence-electron chi connectivity index (χ2n) is 6.93. The van der Waals surface area contributed by atoms with Crippen molar-refractivity contribution in [2.75, 3.05) is 7.11 Å². The van der Waals surface area contributed by atoms with Crippen LogP contribution in [0.2, 0.25) is 0 Å². The van der Waals surface area contributed by atoms with E-state index >= 15 is 0 Å². The Bertz CT molecular complexity index is 1360. The molecule has 1 atom stereocenters. The Morgan fingerprint density at radius 1 is 1.27 bits per heavy atom. The molecular formula is C21H19BrN4O3S. The fourth-order valence-corrected chi connectivity index (χ4v) is 4.79. The fourth-order valence-electron chi connectivity index (χ4n) is 3.48. The number of ether oxygens (including phenoxy) is 1. The van der Waals surface area contributed by atoms with Crippen molar-refractivity contribution in [3.63, 3.8) is 0 Å². The predicted octanol–water partition coefficient (Wildman–Crippen LogP) is 2.21. The van der Waals surface area contributed by atoms with Gasteiger partial charge in [0.05, 0.1) is 29.1 Å². The number of benzene rings is 1. The summed E-state index contributed by atoms with van der Waals surface area (Å²) in [6.45, 7) is 3.67. The highest BCUT2D eigenvalue weighted by Gasteiger charge is 2.34. The Morgan fingerprint density at radius 2 is 1.97 bits per heavy atom. The van der Waals surface area contributed by atoms with Crippen LogP contribution in [0.5, 0.6) is 0 Å². The molecule has 0 fully saturated rings. The number of allylic oxidation sites excluding steroid dienone is 1. The van der Waals surface area contributed by atoms with E-state index in [9.17, 15) is 9.59 Å². The van der Waals surface area contributed by atoms with Crippen LogP contribution in [0.3, 0.4) is 0 Å². The number of aromatic nitrogens is 3. The molecule has 0 bridgehead atoms. The summed E-state index contributed by atoms with van der Waals surface area (Å²) in [5, 5.41) is 4.31. The molecule has 3 aromatic rings. The van der Waals surface area contributed by atoms with E-state index in [-0.39, 0.29) is 5.56 Å². The van der Waals surface area contributed by atoms with E-state index in [0.717, 1.165) is 21.3 Å². The molecule has 1 aromatic carbocycles. The third-order valence-corrected chi connectivity index (χ3v) is 6.67. The van der Waals surface area contributed by atoms with Crippen LogP contribution in [0.4, 0.5) is 0 Å². The minimum Gasteiger partial charge on any atom is -0.466 e. The first-order valence-corrected chi connectivity index (χ1v) is 10.8. The summed E-state index contributed by atoms with van der Waals surface area (Å²) in [5.41, 5.74) is 3.20. The molecule has 1 aliphatic rings. The number of carbonyl (C=O) groups is 1. The van der Waals surface area contributed by atoms with Gasteiger partial charge in [-0.05, 0) is 37.6 Å². The van der Waals surface area contributed by atoms with Crippen molar-refractivity contribution in [1.82, 2.24) is 14.3 Å². The van der Waals surface area contributed by atoms with E-state index in [0.29, 0.717) is 20.6 Å². The van der Waals surface area contributed by atoms with Crippen molar-refractivity contribution in [3.8, 4) is 0 Å². The van der Waals surface area contributed by atoms with E-state index in [2.05, 4.69) is 26.0 Å². The molecule has 30 heavy (non-hydrogen) atoms. The average molecular weight is 487 g/mol. The SMILES string of the molecule is COC(=O)C1=C(C)N=c2sc(=Cc3ccc(Br)cc3)c(=O)n2C1c1cnn(C)c1C. The number of thiazole rings is 1. The number of methoxy groups -OCH3 is 1. The first-order valence-electron chi connectivity index (χ1n) is 9.16. The number of hydrogen-bond donors (Lipinski definition) is 0. The monoisotopic (exact) mass is 486 g/mol. The molecule has 0 N–H and O–H groups in total. The van der Waals surface area contributed by atoms with Gasteiger partial charge in [-0.15, -0.1) is 0 Å². The number of aryl methyl sites for hydroxylation is 1. The number of rotatable bonds is 3. The Morgan fingerprint density at radius 3 is 2.57 bits per heavy atom. The summed E-state index contributed by atoms with van der Waals surface area (Å²) in [6, 6.07) is 7.05. The maximum atomic E-state index is 13.4. The predicted molar refractivity (Wildman–Crippen MR) is 118 cm³/mol. The van der Waals surface area contributed by atoms with Crippen molar-refractivity contribution < 1.29 is 9.53 Å². The van der Waals surface area contributed by atoms with E-state index in [1.54, 1.807) is 22.4 Å². The van der Waals surface area contributed by atoms with Gasteiger partial charge in [-0.2, -0.15) is 5.10 Å². The van der Waals surface area contributed by atoms with Crippen LogP contribution in [0.25, 0.3) is 6.08 Å². The molecule has 7 nitrogen and oxygen atoms in total. The maximum absolute atomic E-state index is 13.4. The highest BCUT2D eigenvalue weighted by Crippen LogP contribution is 2.32. The molecule has 0 amide bonds. The number of nitrogens with zero attached hydrogens (tertiary/aromatic N) is 4. The minimum absolute atomic E-state index is 0.205. The highest BCUT2D eigenvalue weighted by molar-refractivity contribution is 9.10. The molecule has 0 radical (unpaired) electrons. The molecule has 1 aliphatic heterocycles. The molecular weight excluding hydrogens is 468 g/mol. The van der Waals surface area contributed by atoms with E-state index in [4.69, 9.17) is 4.74 Å². The van der Waals surface area contributed by atoms with Crippen molar-refractivity contribution in [2.24, 2.45) is 12.0 Å². The summed E-state index contributed by atoms with van der Waals surface area (Å²) in [5.74, 6) is -0.508. The second kappa shape index (κ2) is 7.81. The van der Waals surface area contributed by atoms with Gasteiger partial charge in [-0.25, -0.2) is 9.79 Å². The molecule has 9 heteroatoms. The molecule has 0 spiro atoms. The van der Waals surface area contributed by atoms with Gasteiger partial charge >= 0.3 is 5.97 Å². The van der Waals surface area contributed by atoms with Crippen LogP contribution < -0.4 is 14.9 Å². The van der Waals surface area contributed by atoms with Crippen LogP contribution >= 0.6 is 27.3 Å². The molecule has 154 valence electrons. The molecule has 2 aromatic heterocycles. The zero-order valence-electron chi connectivity index (χ0n) is 16.8. The average Bonchev–Trinajstić information content (AvgIpc) is 3.21. The largest absolute Gasteiger partial charge is 0.466 e. The van der Waals surface area contributed by atoms with Gasteiger partial charge in [0, 0.05) is 22.8 Å². The standard InChI is InChI=1S/C21H19BrN4O3S/c1-11-17(20(28)29-4)18(15-10-23-25(3)12(15)2)26-19(27)16(30-21(26)24-11)9-13-5-7-14(22)8-6-13/h5-10,18H,1-4H3. The van der Waals surface area contributed by atoms with Gasteiger partial charge in [-0.1, -0.05) is 39.4 Å². The number of carbonyl (C=O) groups excluding carboxylic acids is 1. The van der Waals surface area contributed by atoms with Gasteiger partial charge in [0.1, 0.15) is 6.04 Å². The normalized spacial score (nSPS) is 16.4. The molecule has 0 saturated carbocycles. The van der Waals surface area contributed by atoms with Crippen molar-refractivity contribution in [2.45, 2.75) is 19.9 Å². The number of fused-ring (bicyclic) bond motifs is 1. The lowest BCUT2D eigenvalue weighted by molar-refractivity contribution is -0.136. The zero-order valence-corrected chi connectivity index (χ0v) is 19.2. The molecule has 0 aliphatic carbocycles. The molecule has 4 rings (SSSR count). The highest BCUT2D eigenvalue weighted by atomic mass is 79.9. The summed E-state index contributed by atoms with van der Waals surface area (Å²) in [6.07, 6.45) is 3.52. The van der Waals surface area contributed by atoms with Crippen LogP contribution in [0.1, 0.15) is 29.8 Å². The molecule has 1 unspecified atom stereocenters. The van der Waals surface area contributed by atoms with Crippen LogP contribution in [0, 0.1) is 6.92 Å². The minimum atomic E-state index is -0.644. The first-order chi connectivity index (χ1) is 14.3. The van der Waals surface area contributed by atoms with Gasteiger partial charge in [0.15, 0.2) is 4.80 Å². The van der Waals surface area contributed by atoms with E-state index in [1.807, 2.05) is 44.3 Å². The summed E-state index contributed by atoms with van der Waals surface area (Å²) in [7, 11) is 3.15. The van der Waals surface area contributed by atoms with Gasteiger partial charge in [0.2, 0.25) is 0 Å². The Labute approximate surface area is 184 Å². The third-order valence-electron chi connectivity index (χ3n) is 5.16. The lowest BCUT2D eigenvalue weighted by Crippen LogP contribution is -2.40. The summed E-state index contributed by atoms with van der Waals surface area (Å²) in [4.78, 5) is 31.2. The Hall–Kier alpha value is -2.78. The van der Waals surface area contributed by atoms with Gasteiger partial charge in [-0.3, -0.25) is 14.0 Å². The number of halogens is 1. The topological polar surface area (TPSA) is 78.5 Å². The summed E-state index contributed by atoms with van der Waals surface area (Å²) >= 11 is 4.72. The lowest BCUT2D eigenvalue weighted by atomic mass is 9.96. The van der Waals surface area contributed by atoms with Crippen LogP contribution in [0.15, 0.2) is 56.0 Å². The number of hydrogen-bond acceptors (Lipinski definition) is 6. The fraction of sp³-hybridized carbons (Fsp3) is 0.238. The number of esters is 1. The second-order valence-corrected chi connectivity index (χ2v) is 8.86. The van der Waals surface area contributed by atoms with Gasteiger partial charge < -0.3 is 4.74 Å². The Kier molecular flexibility index (Phi) is 5.33. The van der Waals surface area contributed by atoms with Crippen molar-refractivity contribution >= 4 is 39.3 Å². The van der Waals surface area contributed by atoms with Gasteiger partial charge in [0.25, 0.3) is 5.56 Å². The summed E-state index contributed by atoms with van der Waals surface area (Å²) < 4.78 is 9.81. The first kappa shape index (κ1) is 20.5. The lowest BCUT2D eigenvalue weighted by Gasteiger charge is -2.23. The van der Waals surface area contributed by atoms with Crippen molar-refractivity contribution in [1.29, 1.82) is 0 Å². The Balaban J connectivity index is 1.99. The quantitative estimate of drug-likeness (QED) is 0.531. The van der Waals surface area contributed by atoms with E-state index < -0.39 is 12.0 Å². The van der Waals surface area contributed by atoms with E-state index in [1.165, 1.54) is 18.4 Å².